The molecule has 1 aromatic carbocycles. The number of nitrogens with zero attached hydrogens (tertiary/aromatic N) is 1. The number of halogens is 1. The number of sulfonamides is 1. The molecule has 0 heterocycles. The third kappa shape index (κ3) is 2.74. The van der Waals surface area contributed by atoms with E-state index in [0.717, 1.165) is 19.3 Å². The summed E-state index contributed by atoms with van der Waals surface area (Å²) < 4.78 is 27.1. The van der Waals surface area contributed by atoms with Crippen LogP contribution in [0.5, 0.6) is 0 Å². The SMILES string of the molecule is N#Cc1ccccc1S(=O)(=O)NC1CCCC1Br. The lowest BCUT2D eigenvalue weighted by Gasteiger charge is -2.16. The molecule has 0 aliphatic heterocycles. The van der Waals surface area contributed by atoms with E-state index in [1.54, 1.807) is 12.1 Å². The number of nitriles is 1. The molecule has 0 saturated heterocycles. The maximum absolute atomic E-state index is 12.2. The van der Waals surface area contributed by atoms with E-state index in [4.69, 9.17) is 5.26 Å². The van der Waals surface area contributed by atoms with Crippen molar-refractivity contribution in [1.82, 2.24) is 4.72 Å². The summed E-state index contributed by atoms with van der Waals surface area (Å²) in [4.78, 5) is 0.223. The monoisotopic (exact) mass is 328 g/mol. The van der Waals surface area contributed by atoms with Gasteiger partial charge in [-0.25, -0.2) is 13.1 Å². The number of benzene rings is 1. The Morgan fingerprint density at radius 3 is 2.67 bits per heavy atom. The fourth-order valence-electron chi connectivity index (χ4n) is 2.10. The number of hydrogen-bond donors (Lipinski definition) is 1. The van der Waals surface area contributed by atoms with Crippen LogP contribution in [0.3, 0.4) is 0 Å². The van der Waals surface area contributed by atoms with Crippen molar-refractivity contribution in [1.29, 1.82) is 5.26 Å². The Balaban J connectivity index is 2.29. The van der Waals surface area contributed by atoms with Crippen LogP contribution in [-0.4, -0.2) is 19.3 Å². The molecular formula is C12H13BrN2O2S. The zero-order valence-electron chi connectivity index (χ0n) is 9.64. The lowest BCUT2D eigenvalue weighted by Crippen LogP contribution is -2.37. The minimum atomic E-state index is -3.62. The Bertz CT molecular complexity index is 580. The van der Waals surface area contributed by atoms with Crippen molar-refractivity contribution in [2.45, 2.75) is 35.0 Å². The van der Waals surface area contributed by atoms with Crippen LogP contribution in [0.15, 0.2) is 29.2 Å². The van der Waals surface area contributed by atoms with Crippen LogP contribution in [0.2, 0.25) is 0 Å². The summed E-state index contributed by atoms with van der Waals surface area (Å²) in [6.07, 6.45) is 2.79. The minimum Gasteiger partial charge on any atom is -0.207 e. The molecule has 0 bridgehead atoms. The summed E-state index contributed by atoms with van der Waals surface area (Å²) in [6, 6.07) is 8.05. The normalized spacial score (nSPS) is 23.8. The zero-order valence-corrected chi connectivity index (χ0v) is 12.0. The highest BCUT2D eigenvalue weighted by Gasteiger charge is 2.30. The molecule has 1 aromatic rings. The van der Waals surface area contributed by atoms with Crippen LogP contribution in [0.1, 0.15) is 24.8 Å². The molecule has 0 radical (unpaired) electrons. The molecule has 2 atom stereocenters. The first-order valence-electron chi connectivity index (χ1n) is 5.70. The Morgan fingerprint density at radius 2 is 2.06 bits per heavy atom. The van der Waals surface area contributed by atoms with Crippen LogP contribution in [0.25, 0.3) is 0 Å². The minimum absolute atomic E-state index is 0.0547. The Morgan fingerprint density at radius 1 is 1.33 bits per heavy atom. The van der Waals surface area contributed by atoms with Gasteiger partial charge >= 0.3 is 0 Å². The van der Waals surface area contributed by atoms with Crippen molar-refractivity contribution in [2.75, 3.05) is 0 Å². The van der Waals surface area contributed by atoms with Gasteiger partial charge in [-0.15, -0.1) is 0 Å². The smallest absolute Gasteiger partial charge is 0.207 e. The van der Waals surface area contributed by atoms with Crippen molar-refractivity contribution in [3.05, 3.63) is 29.8 Å². The van der Waals surface area contributed by atoms with E-state index in [-0.39, 0.29) is 21.3 Å². The van der Waals surface area contributed by atoms with E-state index < -0.39 is 10.0 Å². The predicted octanol–water partition coefficient (Wildman–Crippen LogP) is 2.15. The number of rotatable bonds is 3. The second kappa shape index (κ2) is 5.39. The van der Waals surface area contributed by atoms with Gasteiger partial charge < -0.3 is 0 Å². The van der Waals surface area contributed by atoms with E-state index in [1.807, 2.05) is 6.07 Å². The first kappa shape index (κ1) is 13.5. The van der Waals surface area contributed by atoms with E-state index in [2.05, 4.69) is 20.7 Å². The molecule has 0 amide bonds. The van der Waals surface area contributed by atoms with Gasteiger partial charge in [0.2, 0.25) is 10.0 Å². The molecule has 0 aromatic heterocycles. The zero-order chi connectivity index (χ0) is 13.2. The molecule has 4 nitrogen and oxygen atoms in total. The molecule has 96 valence electrons. The highest BCUT2D eigenvalue weighted by atomic mass is 79.9. The fraction of sp³-hybridized carbons (Fsp3) is 0.417. The van der Waals surface area contributed by atoms with Gasteiger partial charge in [-0.2, -0.15) is 5.26 Å². The van der Waals surface area contributed by atoms with E-state index in [9.17, 15) is 8.42 Å². The molecule has 6 heteroatoms. The number of alkyl halides is 1. The van der Waals surface area contributed by atoms with Crippen LogP contribution in [0, 0.1) is 11.3 Å². The van der Waals surface area contributed by atoms with E-state index in [0.29, 0.717) is 0 Å². The molecule has 1 aliphatic carbocycles. The molecule has 1 fully saturated rings. The van der Waals surface area contributed by atoms with E-state index in [1.165, 1.54) is 12.1 Å². The van der Waals surface area contributed by atoms with Gasteiger partial charge in [0.1, 0.15) is 6.07 Å². The standard InChI is InChI=1S/C12H13BrN2O2S/c13-10-5-3-6-11(10)15-18(16,17)12-7-2-1-4-9(12)8-14/h1-2,4,7,10-11,15H,3,5-6H2. The maximum atomic E-state index is 12.2. The number of hydrogen-bond acceptors (Lipinski definition) is 3. The summed E-state index contributed by atoms with van der Waals surface area (Å²) >= 11 is 3.47. The van der Waals surface area contributed by atoms with Gasteiger partial charge in [0, 0.05) is 10.9 Å². The summed E-state index contributed by atoms with van der Waals surface area (Å²) in [6.45, 7) is 0. The summed E-state index contributed by atoms with van der Waals surface area (Å²) in [7, 11) is -3.62. The Hall–Kier alpha value is -0.900. The van der Waals surface area contributed by atoms with Crippen LogP contribution < -0.4 is 4.72 Å². The molecular weight excluding hydrogens is 316 g/mol. The Labute approximate surface area is 115 Å². The highest BCUT2D eigenvalue weighted by molar-refractivity contribution is 9.09. The molecule has 1 saturated carbocycles. The molecule has 18 heavy (non-hydrogen) atoms. The summed E-state index contributed by atoms with van der Waals surface area (Å²) in [5.74, 6) is 0. The second-order valence-corrected chi connectivity index (χ2v) is 7.14. The topological polar surface area (TPSA) is 70.0 Å². The van der Waals surface area contributed by atoms with Crippen molar-refractivity contribution in [3.63, 3.8) is 0 Å². The van der Waals surface area contributed by atoms with Gasteiger partial charge in [0.15, 0.2) is 0 Å². The van der Waals surface area contributed by atoms with Crippen molar-refractivity contribution in [3.8, 4) is 6.07 Å². The average Bonchev–Trinajstić information content (AvgIpc) is 2.74. The van der Waals surface area contributed by atoms with Crippen LogP contribution in [0.4, 0.5) is 0 Å². The summed E-state index contributed by atoms with van der Waals surface area (Å²) in [5.41, 5.74) is 0.175. The van der Waals surface area contributed by atoms with Crippen molar-refractivity contribution < 1.29 is 8.42 Å². The first-order valence-corrected chi connectivity index (χ1v) is 8.10. The van der Waals surface area contributed by atoms with Crippen LogP contribution >= 0.6 is 15.9 Å². The number of nitrogens with one attached hydrogen (secondary N) is 1. The van der Waals surface area contributed by atoms with Gasteiger partial charge in [0.25, 0.3) is 0 Å². The molecule has 2 rings (SSSR count). The largest absolute Gasteiger partial charge is 0.242 e. The third-order valence-electron chi connectivity index (χ3n) is 3.04. The lowest BCUT2D eigenvalue weighted by atomic mass is 10.2. The van der Waals surface area contributed by atoms with Gasteiger partial charge in [-0.1, -0.05) is 34.5 Å². The molecule has 2 unspecified atom stereocenters. The predicted molar refractivity (Wildman–Crippen MR) is 71.8 cm³/mol. The van der Waals surface area contributed by atoms with Gasteiger partial charge in [-0.05, 0) is 25.0 Å². The van der Waals surface area contributed by atoms with Crippen molar-refractivity contribution >= 4 is 26.0 Å². The van der Waals surface area contributed by atoms with Gasteiger partial charge in [-0.3, -0.25) is 0 Å². The summed E-state index contributed by atoms with van der Waals surface area (Å²) in [5, 5.41) is 8.94. The second-order valence-electron chi connectivity index (χ2n) is 4.28. The third-order valence-corrected chi connectivity index (χ3v) is 5.68. The lowest BCUT2D eigenvalue weighted by molar-refractivity contribution is 0.556. The van der Waals surface area contributed by atoms with E-state index >= 15 is 0 Å². The van der Waals surface area contributed by atoms with Crippen molar-refractivity contribution in [2.24, 2.45) is 0 Å². The Kier molecular flexibility index (Phi) is 4.05. The highest BCUT2D eigenvalue weighted by Crippen LogP contribution is 2.27. The molecule has 0 spiro atoms. The van der Waals surface area contributed by atoms with Crippen LogP contribution in [-0.2, 0) is 10.0 Å². The quantitative estimate of drug-likeness (QED) is 0.864. The molecule has 1 aliphatic rings. The average molecular weight is 329 g/mol. The maximum Gasteiger partial charge on any atom is 0.242 e. The molecule has 1 N–H and O–H groups in total. The van der Waals surface area contributed by atoms with Gasteiger partial charge in [0.05, 0.1) is 10.5 Å². The first-order chi connectivity index (χ1) is 8.54. The fourth-order valence-corrected chi connectivity index (χ4v) is 4.47.